The average molecular weight is 357 g/mol. The molecule has 1 aliphatic heterocycles. The van der Waals surface area contributed by atoms with Gasteiger partial charge in [-0.15, -0.1) is 0 Å². The third kappa shape index (κ3) is 2.78. The van der Waals surface area contributed by atoms with Crippen molar-refractivity contribution in [2.45, 2.75) is 13.6 Å². The number of thiazole rings is 1. The Morgan fingerprint density at radius 3 is 2.72 bits per heavy atom. The Morgan fingerprint density at radius 2 is 2.04 bits per heavy atom. The van der Waals surface area contributed by atoms with Crippen LogP contribution in [0.1, 0.15) is 11.3 Å². The molecule has 0 bridgehead atoms. The van der Waals surface area contributed by atoms with Gasteiger partial charge in [0, 0.05) is 24.0 Å². The Morgan fingerprint density at radius 1 is 1.28 bits per heavy atom. The zero-order valence-electron chi connectivity index (χ0n) is 13.8. The van der Waals surface area contributed by atoms with Gasteiger partial charge < -0.3 is 4.90 Å². The van der Waals surface area contributed by atoms with Gasteiger partial charge in [-0.2, -0.15) is 5.10 Å². The molecule has 3 heterocycles. The second-order valence-corrected chi connectivity index (χ2v) is 6.90. The van der Waals surface area contributed by atoms with E-state index in [-0.39, 0.29) is 11.4 Å². The number of aromatic nitrogens is 3. The van der Waals surface area contributed by atoms with Crippen molar-refractivity contribution in [3.63, 3.8) is 0 Å². The third-order valence-corrected chi connectivity index (χ3v) is 5.37. The highest BCUT2D eigenvalue weighted by atomic mass is 32.1. The predicted octanol–water partition coefficient (Wildman–Crippen LogP) is 0.974. The largest absolute Gasteiger partial charge is 0.334 e. The van der Waals surface area contributed by atoms with Gasteiger partial charge >= 0.3 is 0 Å². The maximum absolute atomic E-state index is 13.1. The average Bonchev–Trinajstić information content (AvgIpc) is 3.10. The summed E-state index contributed by atoms with van der Waals surface area (Å²) in [6, 6.07) is 6.20. The molecule has 1 aromatic carbocycles. The van der Waals surface area contributed by atoms with Crippen molar-refractivity contribution in [1.29, 1.82) is 0 Å². The van der Waals surface area contributed by atoms with E-state index in [4.69, 9.17) is 0 Å². The molecule has 0 saturated carbocycles. The number of fused-ring (bicyclic) bond motifs is 1. The first-order valence-corrected chi connectivity index (χ1v) is 8.59. The summed E-state index contributed by atoms with van der Waals surface area (Å²) in [6.45, 7) is 2.81. The smallest absolute Gasteiger partial charge is 0.271 e. The molecule has 6 nitrogen and oxygen atoms in total. The summed E-state index contributed by atoms with van der Waals surface area (Å²) in [7, 11) is 1.87. The number of hydrogen-bond donors (Lipinski definition) is 0. The molecule has 25 heavy (non-hydrogen) atoms. The minimum Gasteiger partial charge on any atom is -0.334 e. The second kappa shape index (κ2) is 5.96. The summed E-state index contributed by atoms with van der Waals surface area (Å²) >= 11 is 1.38. The van der Waals surface area contributed by atoms with Crippen LogP contribution in [-0.2, 0) is 13.7 Å². The third-order valence-electron chi connectivity index (χ3n) is 4.33. The molecule has 8 heteroatoms. The molecule has 0 atom stereocenters. The molecule has 0 spiro atoms. The lowest BCUT2D eigenvalue weighted by molar-refractivity contribution is 0.568. The molecule has 2 aromatic heterocycles. The molecule has 4 rings (SSSR count). The Kier molecular flexibility index (Phi) is 3.76. The molecule has 0 saturated heterocycles. The molecular formula is C17H16FN5OS. The molecular weight excluding hydrogens is 341 g/mol. The quantitative estimate of drug-likeness (QED) is 0.687. The van der Waals surface area contributed by atoms with E-state index in [1.54, 1.807) is 27.6 Å². The van der Waals surface area contributed by atoms with E-state index in [0.29, 0.717) is 22.7 Å². The van der Waals surface area contributed by atoms with Gasteiger partial charge in [0.15, 0.2) is 4.80 Å². The van der Waals surface area contributed by atoms with Crippen molar-refractivity contribution in [3.05, 3.63) is 67.2 Å². The number of rotatable bonds is 2. The summed E-state index contributed by atoms with van der Waals surface area (Å²) in [6.07, 6.45) is 3.61. The van der Waals surface area contributed by atoms with Gasteiger partial charge in [0.1, 0.15) is 19.2 Å². The number of aryl methyl sites for hydroxylation is 1. The number of benzene rings is 1. The summed E-state index contributed by atoms with van der Waals surface area (Å²) in [4.78, 5) is 19.9. The molecule has 1 aliphatic rings. The molecule has 3 aromatic rings. The first-order chi connectivity index (χ1) is 12.0. The molecule has 128 valence electrons. The van der Waals surface area contributed by atoms with E-state index in [1.807, 2.05) is 24.9 Å². The minimum absolute atomic E-state index is 0.0705. The van der Waals surface area contributed by atoms with E-state index in [9.17, 15) is 9.18 Å². The number of halogens is 1. The predicted molar refractivity (Wildman–Crippen MR) is 94.6 cm³/mol. The molecule has 0 aliphatic carbocycles. The summed E-state index contributed by atoms with van der Waals surface area (Å²) in [5, 5.41) is 4.20. The Hall–Kier alpha value is -2.74. The van der Waals surface area contributed by atoms with Crippen LogP contribution < -0.4 is 19.8 Å². The van der Waals surface area contributed by atoms with Crippen LogP contribution in [0.25, 0.3) is 6.08 Å². The normalized spacial score (nSPS) is 14.5. The molecule has 0 radical (unpaired) electrons. The van der Waals surface area contributed by atoms with Gasteiger partial charge in [-0.3, -0.25) is 14.0 Å². The summed E-state index contributed by atoms with van der Waals surface area (Å²) in [5.41, 5.74) is 2.69. The Labute approximate surface area is 146 Å². The van der Waals surface area contributed by atoms with Crippen LogP contribution in [0.15, 0.2) is 40.2 Å². The van der Waals surface area contributed by atoms with Crippen molar-refractivity contribution in [2.24, 2.45) is 12.0 Å². The monoisotopic (exact) mass is 357 g/mol. The fourth-order valence-corrected chi connectivity index (χ4v) is 3.68. The van der Waals surface area contributed by atoms with Gasteiger partial charge in [0.25, 0.3) is 5.56 Å². The van der Waals surface area contributed by atoms with Crippen molar-refractivity contribution >= 4 is 23.1 Å². The van der Waals surface area contributed by atoms with Crippen LogP contribution in [0.2, 0.25) is 0 Å². The molecule has 0 N–H and O–H groups in total. The first kappa shape index (κ1) is 15.8. The Balaban J connectivity index is 1.73. The maximum atomic E-state index is 13.1. The number of nitrogens with zero attached hydrogens (tertiary/aromatic N) is 5. The highest BCUT2D eigenvalue weighted by Crippen LogP contribution is 2.16. The number of anilines is 1. The molecule has 0 unspecified atom stereocenters. The lowest BCUT2D eigenvalue weighted by Gasteiger charge is -2.25. The lowest BCUT2D eigenvalue weighted by Crippen LogP contribution is -2.42. The zero-order chi connectivity index (χ0) is 17.6. The maximum Gasteiger partial charge on any atom is 0.271 e. The second-order valence-electron chi connectivity index (χ2n) is 5.89. The van der Waals surface area contributed by atoms with Crippen LogP contribution in [0, 0.1) is 12.7 Å². The fraction of sp³-hybridized carbons (Fsp3) is 0.235. The number of hydrogen-bond acceptors (Lipinski definition) is 5. The molecule has 0 amide bonds. The van der Waals surface area contributed by atoms with E-state index in [1.165, 1.54) is 23.5 Å². The van der Waals surface area contributed by atoms with Crippen molar-refractivity contribution in [1.82, 2.24) is 14.3 Å². The van der Waals surface area contributed by atoms with E-state index in [0.717, 1.165) is 16.9 Å². The van der Waals surface area contributed by atoms with Gasteiger partial charge in [-0.25, -0.2) is 9.38 Å². The SMILES string of the molecule is Cc1c(C=c2sc3n(c2=O)CN(c2ccc(F)cc2)CN=3)cnn1C. The molecule has 0 fully saturated rings. The van der Waals surface area contributed by atoms with Crippen LogP contribution in [0.4, 0.5) is 10.1 Å². The van der Waals surface area contributed by atoms with Gasteiger partial charge in [-0.1, -0.05) is 11.3 Å². The zero-order valence-corrected chi connectivity index (χ0v) is 14.6. The highest BCUT2D eigenvalue weighted by Gasteiger charge is 2.16. The van der Waals surface area contributed by atoms with Crippen LogP contribution in [0.5, 0.6) is 0 Å². The van der Waals surface area contributed by atoms with Gasteiger partial charge in [-0.05, 0) is 37.3 Å². The fourth-order valence-electron chi connectivity index (χ4n) is 2.73. The topological polar surface area (TPSA) is 55.4 Å². The van der Waals surface area contributed by atoms with Crippen LogP contribution in [0.3, 0.4) is 0 Å². The minimum atomic E-state index is -0.283. The van der Waals surface area contributed by atoms with Crippen molar-refractivity contribution < 1.29 is 4.39 Å². The standard InChI is InChI=1S/C17H16FN5OS/c1-11-12(8-20-21(11)2)7-15-16(24)23-10-22(9-19-17(23)25-15)14-5-3-13(18)4-6-14/h3-8H,9-10H2,1-2H3. The van der Waals surface area contributed by atoms with Crippen LogP contribution in [-0.4, -0.2) is 21.0 Å². The highest BCUT2D eigenvalue weighted by molar-refractivity contribution is 7.07. The summed E-state index contributed by atoms with van der Waals surface area (Å²) in [5.74, 6) is -0.283. The van der Waals surface area contributed by atoms with Gasteiger partial charge in [0.2, 0.25) is 0 Å². The van der Waals surface area contributed by atoms with E-state index in [2.05, 4.69) is 10.1 Å². The van der Waals surface area contributed by atoms with E-state index < -0.39 is 0 Å². The van der Waals surface area contributed by atoms with Gasteiger partial charge in [0.05, 0.1) is 10.7 Å². The van der Waals surface area contributed by atoms with E-state index >= 15 is 0 Å². The first-order valence-electron chi connectivity index (χ1n) is 7.78. The summed E-state index contributed by atoms with van der Waals surface area (Å²) < 4.78 is 17.2. The lowest BCUT2D eigenvalue weighted by atomic mass is 10.2. The Bertz CT molecular complexity index is 1110. The van der Waals surface area contributed by atoms with Crippen molar-refractivity contribution in [2.75, 3.05) is 11.6 Å². The van der Waals surface area contributed by atoms with Crippen molar-refractivity contribution in [3.8, 4) is 0 Å². The van der Waals surface area contributed by atoms with Crippen LogP contribution >= 0.6 is 11.3 Å².